The van der Waals surface area contributed by atoms with Crippen molar-refractivity contribution in [2.45, 2.75) is 12.8 Å². The number of hydrogen-bond acceptors (Lipinski definition) is 4. The third kappa shape index (κ3) is 2.51. The Bertz CT molecular complexity index is 323. The summed E-state index contributed by atoms with van der Waals surface area (Å²) in [6.45, 7) is 0. The monoisotopic (exact) mass is 214 g/mol. The van der Waals surface area contributed by atoms with Crippen LogP contribution in [0.3, 0.4) is 0 Å². The summed E-state index contributed by atoms with van der Waals surface area (Å²) < 4.78 is 6.28. The van der Waals surface area contributed by atoms with Gasteiger partial charge in [-0.3, -0.25) is 4.68 Å². The topological polar surface area (TPSA) is 44.1 Å². The maximum Gasteiger partial charge on any atom is 0.358 e. The van der Waals surface area contributed by atoms with E-state index in [1.165, 1.54) is 7.11 Å². The van der Waals surface area contributed by atoms with Crippen LogP contribution in [0, 0.1) is 0 Å². The first-order chi connectivity index (χ1) is 6.69. The SMILES string of the molecule is COC(=O)c1cc(CCCS)n(C)n1. The maximum absolute atomic E-state index is 11.1. The van der Waals surface area contributed by atoms with Crippen LogP contribution in [-0.2, 0) is 18.2 Å². The number of carbonyl (C=O) groups excluding carboxylic acids is 1. The molecule has 1 aromatic rings. The van der Waals surface area contributed by atoms with E-state index in [1.807, 2.05) is 7.05 Å². The molecule has 4 nitrogen and oxygen atoms in total. The van der Waals surface area contributed by atoms with Crippen LogP contribution in [0.1, 0.15) is 22.6 Å². The van der Waals surface area contributed by atoms with Gasteiger partial charge in [-0.1, -0.05) is 0 Å². The molecule has 0 bridgehead atoms. The number of thiol groups is 1. The van der Waals surface area contributed by atoms with Gasteiger partial charge in [-0.2, -0.15) is 17.7 Å². The van der Waals surface area contributed by atoms with Gasteiger partial charge in [-0.25, -0.2) is 4.79 Å². The third-order valence-corrected chi connectivity index (χ3v) is 2.28. The van der Waals surface area contributed by atoms with E-state index in [0.717, 1.165) is 24.3 Å². The Hall–Kier alpha value is -0.970. The molecule has 0 aliphatic heterocycles. The lowest BCUT2D eigenvalue weighted by Crippen LogP contribution is -2.03. The molecular weight excluding hydrogens is 200 g/mol. The van der Waals surface area contributed by atoms with Crippen molar-refractivity contribution in [1.29, 1.82) is 0 Å². The van der Waals surface area contributed by atoms with Gasteiger partial charge in [-0.05, 0) is 24.7 Å². The molecular formula is C9H14N2O2S. The number of nitrogens with zero attached hydrogens (tertiary/aromatic N) is 2. The first kappa shape index (κ1) is 11.1. The molecule has 14 heavy (non-hydrogen) atoms. The van der Waals surface area contributed by atoms with E-state index in [-0.39, 0.29) is 0 Å². The van der Waals surface area contributed by atoms with Gasteiger partial charge in [0, 0.05) is 12.7 Å². The van der Waals surface area contributed by atoms with Crippen LogP contribution >= 0.6 is 12.6 Å². The predicted molar refractivity (Wildman–Crippen MR) is 56.7 cm³/mol. The van der Waals surface area contributed by atoms with Crippen molar-refractivity contribution in [2.75, 3.05) is 12.9 Å². The Morgan fingerprint density at radius 1 is 1.71 bits per heavy atom. The number of aryl methyl sites for hydroxylation is 2. The molecule has 1 rings (SSSR count). The highest BCUT2D eigenvalue weighted by atomic mass is 32.1. The Morgan fingerprint density at radius 3 is 3.00 bits per heavy atom. The fraction of sp³-hybridized carbons (Fsp3) is 0.556. The van der Waals surface area contributed by atoms with Gasteiger partial charge in [0.1, 0.15) is 0 Å². The largest absolute Gasteiger partial charge is 0.464 e. The summed E-state index contributed by atoms with van der Waals surface area (Å²) in [5.41, 5.74) is 1.39. The molecule has 0 N–H and O–H groups in total. The zero-order chi connectivity index (χ0) is 10.6. The normalized spacial score (nSPS) is 10.2. The minimum Gasteiger partial charge on any atom is -0.464 e. The number of rotatable bonds is 4. The maximum atomic E-state index is 11.1. The second-order valence-corrected chi connectivity index (χ2v) is 3.41. The van der Waals surface area contributed by atoms with Crippen LogP contribution in [0.5, 0.6) is 0 Å². The molecule has 0 fully saturated rings. The van der Waals surface area contributed by atoms with Crippen molar-refractivity contribution in [1.82, 2.24) is 9.78 Å². The quantitative estimate of drug-likeness (QED) is 0.602. The van der Waals surface area contributed by atoms with E-state index in [9.17, 15) is 4.79 Å². The third-order valence-electron chi connectivity index (χ3n) is 1.96. The molecule has 0 atom stereocenters. The summed E-state index contributed by atoms with van der Waals surface area (Å²) in [5.74, 6) is 0.441. The standard InChI is InChI=1S/C9H14N2O2S/c1-11-7(4-3-5-14)6-8(10-11)9(12)13-2/h6,14H,3-5H2,1-2H3. The van der Waals surface area contributed by atoms with E-state index in [4.69, 9.17) is 0 Å². The van der Waals surface area contributed by atoms with Crippen LogP contribution in [-0.4, -0.2) is 28.6 Å². The molecule has 0 amide bonds. The highest BCUT2D eigenvalue weighted by Crippen LogP contribution is 2.07. The summed E-state index contributed by atoms with van der Waals surface area (Å²) in [7, 11) is 3.17. The lowest BCUT2D eigenvalue weighted by Gasteiger charge is -1.97. The van der Waals surface area contributed by atoms with Crippen molar-refractivity contribution in [3.63, 3.8) is 0 Å². The molecule has 1 heterocycles. The summed E-state index contributed by atoms with van der Waals surface area (Å²) >= 11 is 4.13. The molecule has 0 radical (unpaired) electrons. The second-order valence-electron chi connectivity index (χ2n) is 2.96. The van der Waals surface area contributed by atoms with Crippen molar-refractivity contribution in [3.05, 3.63) is 17.5 Å². The molecule has 1 aromatic heterocycles. The fourth-order valence-electron chi connectivity index (χ4n) is 1.20. The van der Waals surface area contributed by atoms with Crippen LogP contribution in [0.25, 0.3) is 0 Å². The first-order valence-electron chi connectivity index (χ1n) is 4.41. The minimum atomic E-state index is -0.391. The summed E-state index contributed by atoms with van der Waals surface area (Å²) in [6, 6.07) is 1.76. The fourth-order valence-corrected chi connectivity index (χ4v) is 1.36. The highest BCUT2D eigenvalue weighted by Gasteiger charge is 2.11. The molecule has 0 aliphatic carbocycles. The highest BCUT2D eigenvalue weighted by molar-refractivity contribution is 7.80. The molecule has 0 aromatic carbocycles. The number of esters is 1. The number of hydrogen-bond donors (Lipinski definition) is 1. The van der Waals surface area contributed by atoms with Gasteiger partial charge in [-0.15, -0.1) is 0 Å². The van der Waals surface area contributed by atoms with Gasteiger partial charge in [0.05, 0.1) is 7.11 Å². The molecule has 78 valence electrons. The summed E-state index contributed by atoms with van der Waals surface area (Å²) in [5, 5.41) is 4.05. The number of carbonyl (C=O) groups is 1. The van der Waals surface area contributed by atoms with E-state index >= 15 is 0 Å². The number of aromatic nitrogens is 2. The van der Waals surface area contributed by atoms with Gasteiger partial charge in [0.2, 0.25) is 0 Å². The zero-order valence-electron chi connectivity index (χ0n) is 8.36. The van der Waals surface area contributed by atoms with Crippen molar-refractivity contribution in [3.8, 4) is 0 Å². The summed E-state index contributed by atoms with van der Waals surface area (Å²) in [4.78, 5) is 11.1. The average Bonchev–Trinajstić information content (AvgIpc) is 2.56. The minimum absolute atomic E-state index is 0.365. The predicted octanol–water partition coefficient (Wildman–Crippen LogP) is 1.07. The van der Waals surface area contributed by atoms with Crippen LogP contribution in [0.2, 0.25) is 0 Å². The Kier molecular flexibility index (Phi) is 4.00. The van der Waals surface area contributed by atoms with Crippen LogP contribution in [0.15, 0.2) is 6.07 Å². The number of ether oxygens (including phenoxy) is 1. The average molecular weight is 214 g/mol. The van der Waals surface area contributed by atoms with Crippen LogP contribution < -0.4 is 0 Å². The van der Waals surface area contributed by atoms with Crippen LogP contribution in [0.4, 0.5) is 0 Å². The van der Waals surface area contributed by atoms with Crippen molar-refractivity contribution >= 4 is 18.6 Å². The lowest BCUT2D eigenvalue weighted by atomic mass is 10.2. The van der Waals surface area contributed by atoms with E-state index in [2.05, 4.69) is 22.5 Å². The molecule has 0 spiro atoms. The molecule has 0 aliphatic rings. The zero-order valence-corrected chi connectivity index (χ0v) is 9.25. The molecule has 0 saturated heterocycles. The second kappa shape index (κ2) is 5.05. The molecule has 0 saturated carbocycles. The first-order valence-corrected chi connectivity index (χ1v) is 5.04. The number of methoxy groups -OCH3 is 1. The van der Waals surface area contributed by atoms with E-state index in [1.54, 1.807) is 10.7 Å². The van der Waals surface area contributed by atoms with E-state index < -0.39 is 5.97 Å². The Labute approximate surface area is 88.7 Å². The van der Waals surface area contributed by atoms with Crippen molar-refractivity contribution in [2.24, 2.45) is 7.05 Å². The molecule has 0 unspecified atom stereocenters. The summed E-state index contributed by atoms with van der Waals surface area (Å²) in [6.07, 6.45) is 1.85. The Morgan fingerprint density at radius 2 is 2.43 bits per heavy atom. The van der Waals surface area contributed by atoms with Crippen molar-refractivity contribution < 1.29 is 9.53 Å². The lowest BCUT2D eigenvalue weighted by molar-refractivity contribution is 0.0593. The van der Waals surface area contributed by atoms with E-state index in [0.29, 0.717) is 5.69 Å². The smallest absolute Gasteiger partial charge is 0.358 e. The van der Waals surface area contributed by atoms with Gasteiger partial charge in [0.25, 0.3) is 0 Å². The van der Waals surface area contributed by atoms with Gasteiger partial charge < -0.3 is 4.74 Å². The van der Waals surface area contributed by atoms with Gasteiger partial charge in [0.15, 0.2) is 5.69 Å². The Balaban J connectivity index is 2.76. The van der Waals surface area contributed by atoms with Gasteiger partial charge >= 0.3 is 5.97 Å². The molecule has 5 heteroatoms.